The summed E-state index contributed by atoms with van der Waals surface area (Å²) in [6, 6.07) is 8.69. The molecule has 1 rings (SSSR count). The molecule has 0 radical (unpaired) electrons. The Bertz CT molecular complexity index is 372. The van der Waals surface area contributed by atoms with Crippen molar-refractivity contribution < 1.29 is 19.1 Å². The molecule has 0 aromatic heterocycles. The quantitative estimate of drug-likeness (QED) is 0.735. The summed E-state index contributed by atoms with van der Waals surface area (Å²) in [5, 5.41) is 0. The molecule has 0 spiro atoms. The smallest absolute Gasteiger partial charge is 0.338 e. The van der Waals surface area contributed by atoms with Crippen LogP contribution in [0.4, 0.5) is 0 Å². The van der Waals surface area contributed by atoms with Gasteiger partial charge in [-0.05, 0) is 19.1 Å². The Kier molecular flexibility index (Phi) is 5.20. The van der Waals surface area contributed by atoms with E-state index >= 15 is 0 Å². The fourth-order valence-electron chi connectivity index (χ4n) is 1.17. The maximum Gasteiger partial charge on any atom is 0.338 e. The average Bonchev–Trinajstić information content (AvgIpc) is 2.36. The minimum Gasteiger partial charge on any atom is -0.462 e. The van der Waals surface area contributed by atoms with E-state index in [0.717, 1.165) is 0 Å². The van der Waals surface area contributed by atoms with Gasteiger partial charge >= 0.3 is 11.9 Å². The zero-order chi connectivity index (χ0) is 12.7. The highest BCUT2D eigenvalue weighted by Gasteiger charge is 2.12. The summed E-state index contributed by atoms with van der Waals surface area (Å²) in [6.07, 6.45) is -0.127. The second-order valence-corrected chi connectivity index (χ2v) is 3.62. The van der Waals surface area contributed by atoms with Crippen LogP contribution in [0.15, 0.2) is 30.3 Å². The second kappa shape index (κ2) is 6.68. The van der Waals surface area contributed by atoms with Crippen LogP contribution in [-0.2, 0) is 14.3 Å². The lowest BCUT2D eigenvalue weighted by molar-refractivity contribution is -0.146. The van der Waals surface area contributed by atoms with Gasteiger partial charge in [-0.25, -0.2) is 4.79 Å². The molecule has 4 nitrogen and oxygen atoms in total. The number of hydrogen-bond donors (Lipinski definition) is 0. The van der Waals surface area contributed by atoms with Gasteiger partial charge in [-0.15, -0.1) is 0 Å². The fraction of sp³-hybridized carbons (Fsp3) is 0.385. The lowest BCUT2D eigenvalue weighted by Gasteiger charge is -2.13. The maximum absolute atomic E-state index is 11.6. The van der Waals surface area contributed by atoms with Crippen molar-refractivity contribution in [3.63, 3.8) is 0 Å². The van der Waals surface area contributed by atoms with Gasteiger partial charge in [-0.2, -0.15) is 0 Å². The van der Waals surface area contributed by atoms with Gasteiger partial charge in [-0.1, -0.05) is 25.1 Å². The highest BCUT2D eigenvalue weighted by Crippen LogP contribution is 2.04. The summed E-state index contributed by atoms with van der Waals surface area (Å²) < 4.78 is 9.99. The minimum atomic E-state index is -0.446. The molecule has 0 aliphatic carbocycles. The molecular weight excluding hydrogens is 220 g/mol. The zero-order valence-corrected chi connectivity index (χ0v) is 10.0. The summed E-state index contributed by atoms with van der Waals surface area (Å²) in [5.41, 5.74) is 0.487. The van der Waals surface area contributed by atoms with Gasteiger partial charge < -0.3 is 9.47 Å². The van der Waals surface area contributed by atoms with Gasteiger partial charge in [0.25, 0.3) is 0 Å². The van der Waals surface area contributed by atoms with Crippen LogP contribution in [-0.4, -0.2) is 24.6 Å². The van der Waals surface area contributed by atoms with E-state index in [2.05, 4.69) is 0 Å². The van der Waals surface area contributed by atoms with Crippen molar-refractivity contribution in [1.82, 2.24) is 0 Å². The Morgan fingerprint density at radius 3 is 2.47 bits per heavy atom. The van der Waals surface area contributed by atoms with Crippen LogP contribution in [0.5, 0.6) is 0 Å². The Labute approximate surface area is 101 Å². The van der Waals surface area contributed by atoms with E-state index in [1.807, 2.05) is 6.07 Å². The molecular formula is C13H16O4. The van der Waals surface area contributed by atoms with Gasteiger partial charge in [0.2, 0.25) is 0 Å². The average molecular weight is 236 g/mol. The molecule has 1 unspecified atom stereocenters. The molecule has 1 atom stereocenters. The first kappa shape index (κ1) is 13.2. The van der Waals surface area contributed by atoms with Gasteiger partial charge in [0, 0.05) is 6.42 Å². The first-order chi connectivity index (χ1) is 8.13. The highest BCUT2D eigenvalue weighted by molar-refractivity contribution is 5.89. The van der Waals surface area contributed by atoms with Crippen molar-refractivity contribution in [1.29, 1.82) is 0 Å². The van der Waals surface area contributed by atoms with Crippen LogP contribution in [0.2, 0.25) is 0 Å². The molecule has 4 heteroatoms. The number of benzene rings is 1. The third-order valence-electron chi connectivity index (χ3n) is 2.09. The van der Waals surface area contributed by atoms with E-state index in [0.29, 0.717) is 12.0 Å². The molecule has 0 aliphatic heterocycles. The number of rotatable bonds is 5. The second-order valence-electron chi connectivity index (χ2n) is 3.62. The van der Waals surface area contributed by atoms with E-state index in [1.54, 1.807) is 38.1 Å². The lowest BCUT2D eigenvalue weighted by atomic mass is 10.2. The first-order valence-corrected chi connectivity index (χ1v) is 5.55. The van der Waals surface area contributed by atoms with E-state index < -0.39 is 12.1 Å². The van der Waals surface area contributed by atoms with Gasteiger partial charge in [-0.3, -0.25) is 4.79 Å². The molecule has 0 heterocycles. The summed E-state index contributed by atoms with van der Waals surface area (Å²) in [5.74, 6) is -0.710. The molecule has 0 fully saturated rings. The standard InChI is InChI=1S/C13H16O4/c1-3-12(14)16-9-10(2)17-13(15)11-7-5-4-6-8-11/h4-8,10H,3,9H2,1-2H3. The summed E-state index contributed by atoms with van der Waals surface area (Å²) >= 11 is 0. The van der Waals surface area contributed by atoms with Crippen LogP contribution in [0, 0.1) is 0 Å². The Balaban J connectivity index is 2.39. The third kappa shape index (κ3) is 4.68. The molecule has 0 aliphatic rings. The Hall–Kier alpha value is -1.84. The van der Waals surface area contributed by atoms with Crippen LogP contribution >= 0.6 is 0 Å². The molecule has 0 saturated carbocycles. The summed E-state index contributed by atoms with van der Waals surface area (Å²) in [6.45, 7) is 3.48. The number of hydrogen-bond acceptors (Lipinski definition) is 4. The van der Waals surface area contributed by atoms with Crippen molar-refractivity contribution in [2.24, 2.45) is 0 Å². The molecule has 92 valence electrons. The van der Waals surface area contributed by atoms with Crippen LogP contribution in [0.25, 0.3) is 0 Å². The van der Waals surface area contributed by atoms with Gasteiger partial charge in [0.05, 0.1) is 5.56 Å². The number of ether oxygens (including phenoxy) is 2. The van der Waals surface area contributed by atoms with Crippen molar-refractivity contribution >= 4 is 11.9 Å². The largest absolute Gasteiger partial charge is 0.462 e. The van der Waals surface area contributed by atoms with Crippen molar-refractivity contribution in [2.75, 3.05) is 6.61 Å². The Morgan fingerprint density at radius 2 is 1.88 bits per heavy atom. The zero-order valence-electron chi connectivity index (χ0n) is 10.0. The third-order valence-corrected chi connectivity index (χ3v) is 2.09. The molecule has 1 aromatic carbocycles. The number of carbonyl (C=O) groups excluding carboxylic acids is 2. The summed E-state index contributed by atoms with van der Waals surface area (Å²) in [4.78, 5) is 22.5. The lowest BCUT2D eigenvalue weighted by Crippen LogP contribution is -2.22. The van der Waals surface area contributed by atoms with E-state index in [9.17, 15) is 9.59 Å². The molecule has 0 amide bonds. The minimum absolute atomic E-state index is 0.0885. The SMILES string of the molecule is CCC(=O)OCC(C)OC(=O)c1ccccc1. The van der Waals surface area contributed by atoms with Crippen molar-refractivity contribution in [2.45, 2.75) is 26.4 Å². The molecule has 0 N–H and O–H groups in total. The topological polar surface area (TPSA) is 52.6 Å². The maximum atomic E-state index is 11.6. The number of carbonyl (C=O) groups is 2. The normalized spacial score (nSPS) is 11.6. The molecule has 0 bridgehead atoms. The summed E-state index contributed by atoms with van der Waals surface area (Å²) in [7, 11) is 0. The monoisotopic (exact) mass is 236 g/mol. The van der Waals surface area contributed by atoms with Crippen LogP contribution < -0.4 is 0 Å². The van der Waals surface area contributed by atoms with E-state index in [1.165, 1.54) is 0 Å². The predicted octanol–water partition coefficient (Wildman–Crippen LogP) is 2.19. The van der Waals surface area contributed by atoms with E-state index in [-0.39, 0.29) is 12.6 Å². The molecule has 0 saturated heterocycles. The highest BCUT2D eigenvalue weighted by atomic mass is 16.6. The van der Waals surface area contributed by atoms with E-state index in [4.69, 9.17) is 9.47 Å². The fourth-order valence-corrected chi connectivity index (χ4v) is 1.17. The van der Waals surface area contributed by atoms with Crippen molar-refractivity contribution in [3.05, 3.63) is 35.9 Å². The molecule has 1 aromatic rings. The van der Waals surface area contributed by atoms with Crippen molar-refractivity contribution in [3.8, 4) is 0 Å². The predicted molar refractivity (Wildman–Crippen MR) is 62.6 cm³/mol. The Morgan fingerprint density at radius 1 is 1.24 bits per heavy atom. The molecule has 17 heavy (non-hydrogen) atoms. The van der Waals surface area contributed by atoms with Gasteiger partial charge in [0.15, 0.2) is 0 Å². The first-order valence-electron chi connectivity index (χ1n) is 5.55. The number of esters is 2. The van der Waals surface area contributed by atoms with Crippen LogP contribution in [0.1, 0.15) is 30.6 Å². The van der Waals surface area contributed by atoms with Crippen LogP contribution in [0.3, 0.4) is 0 Å². The van der Waals surface area contributed by atoms with Gasteiger partial charge in [0.1, 0.15) is 12.7 Å².